The lowest BCUT2D eigenvalue weighted by Crippen LogP contribution is -2.42. The highest BCUT2D eigenvalue weighted by molar-refractivity contribution is 7.88. The predicted octanol–water partition coefficient (Wildman–Crippen LogP) is 3.17. The molecule has 0 saturated carbocycles. The van der Waals surface area contributed by atoms with Gasteiger partial charge in [0.1, 0.15) is 5.75 Å². The molecule has 0 saturated heterocycles. The van der Waals surface area contributed by atoms with Gasteiger partial charge in [-0.05, 0) is 52.0 Å². The van der Waals surface area contributed by atoms with Crippen LogP contribution in [0.4, 0.5) is 13.2 Å². The van der Waals surface area contributed by atoms with E-state index in [1.807, 2.05) is 27.7 Å². The molecule has 0 N–H and O–H groups in total. The molecule has 0 heterocycles. The van der Waals surface area contributed by atoms with Gasteiger partial charge in [0.25, 0.3) is 5.91 Å². The van der Waals surface area contributed by atoms with E-state index < -0.39 is 21.4 Å². The van der Waals surface area contributed by atoms with E-state index in [9.17, 15) is 26.4 Å². The Kier molecular flexibility index (Phi) is 5.68. The monoisotopic (exact) mass is 353 g/mol. The highest BCUT2D eigenvalue weighted by atomic mass is 32.2. The van der Waals surface area contributed by atoms with Crippen LogP contribution in [0.25, 0.3) is 0 Å². The fourth-order valence-corrected chi connectivity index (χ4v) is 2.50. The largest absolute Gasteiger partial charge is 0.534 e. The summed E-state index contributed by atoms with van der Waals surface area (Å²) in [6.45, 7) is 7.35. The molecule has 0 bridgehead atoms. The van der Waals surface area contributed by atoms with E-state index in [-0.39, 0.29) is 23.6 Å². The number of amides is 1. The Morgan fingerprint density at radius 1 is 1.04 bits per heavy atom. The summed E-state index contributed by atoms with van der Waals surface area (Å²) in [6.07, 6.45) is 0. The molecular weight excluding hydrogens is 335 g/mol. The molecule has 1 rings (SSSR count). The van der Waals surface area contributed by atoms with Gasteiger partial charge in [0.05, 0.1) is 0 Å². The number of carbonyl (C=O) groups excluding carboxylic acids is 1. The third kappa shape index (κ3) is 4.60. The van der Waals surface area contributed by atoms with Gasteiger partial charge in [0.15, 0.2) is 0 Å². The van der Waals surface area contributed by atoms with Crippen molar-refractivity contribution in [1.29, 1.82) is 0 Å². The number of nitrogens with zero attached hydrogens (tertiary/aromatic N) is 1. The highest BCUT2D eigenvalue weighted by Gasteiger charge is 2.48. The summed E-state index contributed by atoms with van der Waals surface area (Å²) in [5.74, 6) is -0.820. The zero-order valence-corrected chi connectivity index (χ0v) is 13.9. The zero-order valence-electron chi connectivity index (χ0n) is 13.1. The Balaban J connectivity index is 2.99. The van der Waals surface area contributed by atoms with Crippen LogP contribution in [0.15, 0.2) is 24.3 Å². The molecule has 1 aromatic rings. The molecular formula is C14H18F3NO4S. The average Bonchev–Trinajstić information content (AvgIpc) is 2.36. The second kappa shape index (κ2) is 6.77. The fourth-order valence-electron chi connectivity index (χ4n) is 2.04. The summed E-state index contributed by atoms with van der Waals surface area (Å²) < 4.78 is 62.5. The average molecular weight is 353 g/mol. The van der Waals surface area contributed by atoms with Crippen molar-refractivity contribution >= 4 is 16.0 Å². The first-order valence-electron chi connectivity index (χ1n) is 6.80. The normalized spacial score (nSPS) is 12.6. The molecule has 0 unspecified atom stereocenters. The van der Waals surface area contributed by atoms with E-state index in [0.29, 0.717) is 0 Å². The number of rotatable bonds is 5. The van der Waals surface area contributed by atoms with Gasteiger partial charge in [-0.15, -0.1) is 0 Å². The standard InChI is InChI=1S/C14H18F3NO4S/c1-9(2)18(10(3)4)13(19)11-5-7-12(8-6-11)22-23(20,21)14(15,16)17/h5-10H,1-4H3. The summed E-state index contributed by atoms with van der Waals surface area (Å²) in [5, 5.41) is 0. The van der Waals surface area contributed by atoms with Crippen LogP contribution in [0.1, 0.15) is 38.1 Å². The van der Waals surface area contributed by atoms with Gasteiger partial charge in [-0.2, -0.15) is 21.6 Å². The Bertz CT molecular complexity index is 644. The highest BCUT2D eigenvalue weighted by Crippen LogP contribution is 2.27. The van der Waals surface area contributed by atoms with E-state index in [4.69, 9.17) is 0 Å². The molecule has 5 nitrogen and oxygen atoms in total. The molecule has 0 radical (unpaired) electrons. The van der Waals surface area contributed by atoms with Gasteiger partial charge in [0.2, 0.25) is 0 Å². The van der Waals surface area contributed by atoms with Crippen LogP contribution in [-0.2, 0) is 10.1 Å². The van der Waals surface area contributed by atoms with Crippen LogP contribution in [0.2, 0.25) is 0 Å². The van der Waals surface area contributed by atoms with Crippen LogP contribution >= 0.6 is 0 Å². The zero-order chi connectivity index (χ0) is 18.0. The van der Waals surface area contributed by atoms with Gasteiger partial charge in [0, 0.05) is 17.6 Å². The van der Waals surface area contributed by atoms with E-state index in [1.165, 1.54) is 12.1 Å². The van der Waals surface area contributed by atoms with Crippen molar-refractivity contribution in [2.45, 2.75) is 45.3 Å². The molecule has 130 valence electrons. The van der Waals surface area contributed by atoms with Crippen LogP contribution in [0, 0.1) is 0 Å². The maximum atomic E-state index is 12.4. The molecule has 1 aromatic carbocycles. The van der Waals surface area contributed by atoms with Crippen LogP contribution in [0.3, 0.4) is 0 Å². The van der Waals surface area contributed by atoms with Crippen molar-refractivity contribution in [2.24, 2.45) is 0 Å². The summed E-state index contributed by atoms with van der Waals surface area (Å²) in [6, 6.07) is 4.33. The Morgan fingerprint density at radius 3 is 1.83 bits per heavy atom. The molecule has 0 aliphatic carbocycles. The first-order valence-corrected chi connectivity index (χ1v) is 8.21. The maximum absolute atomic E-state index is 12.4. The first kappa shape index (κ1) is 19.3. The van der Waals surface area contributed by atoms with E-state index in [2.05, 4.69) is 4.18 Å². The molecule has 0 aromatic heterocycles. The third-order valence-corrected chi connectivity index (χ3v) is 3.92. The lowest BCUT2D eigenvalue weighted by atomic mass is 10.1. The van der Waals surface area contributed by atoms with Crippen LogP contribution < -0.4 is 4.18 Å². The quantitative estimate of drug-likeness (QED) is 0.602. The molecule has 0 fully saturated rings. The number of carbonyl (C=O) groups is 1. The summed E-state index contributed by atoms with van der Waals surface area (Å²) in [4.78, 5) is 14.0. The van der Waals surface area contributed by atoms with Crippen molar-refractivity contribution in [3.63, 3.8) is 0 Å². The summed E-state index contributed by atoms with van der Waals surface area (Å²) in [5.41, 5.74) is -5.28. The smallest absolute Gasteiger partial charge is 0.376 e. The number of hydrogen-bond acceptors (Lipinski definition) is 4. The number of halogens is 3. The Morgan fingerprint density at radius 2 is 1.48 bits per heavy atom. The maximum Gasteiger partial charge on any atom is 0.534 e. The first-order chi connectivity index (χ1) is 10.4. The number of alkyl halides is 3. The van der Waals surface area contributed by atoms with Crippen molar-refractivity contribution < 1.29 is 30.6 Å². The molecule has 1 amide bonds. The van der Waals surface area contributed by atoms with E-state index in [0.717, 1.165) is 12.1 Å². The van der Waals surface area contributed by atoms with Crippen molar-refractivity contribution in [3.05, 3.63) is 29.8 Å². The van der Waals surface area contributed by atoms with Gasteiger partial charge < -0.3 is 9.08 Å². The topological polar surface area (TPSA) is 63.7 Å². The summed E-state index contributed by atoms with van der Waals surface area (Å²) >= 11 is 0. The number of benzene rings is 1. The minimum Gasteiger partial charge on any atom is -0.376 e. The molecule has 0 atom stereocenters. The lowest BCUT2D eigenvalue weighted by Gasteiger charge is -2.30. The van der Waals surface area contributed by atoms with E-state index in [1.54, 1.807) is 4.90 Å². The Hall–Kier alpha value is -1.77. The van der Waals surface area contributed by atoms with Gasteiger partial charge >= 0.3 is 15.6 Å². The Labute approximate surface area is 133 Å². The molecule has 9 heteroatoms. The second-order valence-electron chi connectivity index (χ2n) is 5.41. The van der Waals surface area contributed by atoms with Gasteiger partial charge in [-0.25, -0.2) is 0 Å². The van der Waals surface area contributed by atoms with Crippen LogP contribution in [-0.4, -0.2) is 36.8 Å². The summed E-state index contributed by atoms with van der Waals surface area (Å²) in [7, 11) is -5.72. The molecule has 0 aliphatic heterocycles. The van der Waals surface area contributed by atoms with Gasteiger partial charge in [-0.3, -0.25) is 4.79 Å². The third-order valence-electron chi connectivity index (χ3n) is 2.94. The van der Waals surface area contributed by atoms with Crippen molar-refractivity contribution in [3.8, 4) is 5.75 Å². The molecule has 23 heavy (non-hydrogen) atoms. The second-order valence-corrected chi connectivity index (χ2v) is 6.95. The van der Waals surface area contributed by atoms with Crippen molar-refractivity contribution in [1.82, 2.24) is 4.90 Å². The predicted molar refractivity (Wildman–Crippen MR) is 78.5 cm³/mol. The van der Waals surface area contributed by atoms with Gasteiger partial charge in [-0.1, -0.05) is 0 Å². The lowest BCUT2D eigenvalue weighted by molar-refractivity contribution is -0.0500. The minimum absolute atomic E-state index is 0.0657. The molecule has 0 spiro atoms. The number of hydrogen-bond donors (Lipinski definition) is 0. The van der Waals surface area contributed by atoms with Crippen LogP contribution in [0.5, 0.6) is 5.75 Å². The van der Waals surface area contributed by atoms with E-state index >= 15 is 0 Å². The minimum atomic E-state index is -5.72. The van der Waals surface area contributed by atoms with Crippen molar-refractivity contribution in [2.75, 3.05) is 0 Å². The molecule has 0 aliphatic rings. The SMILES string of the molecule is CC(C)N(C(=O)c1ccc(OS(=O)(=O)C(F)(F)F)cc1)C(C)C. The fraction of sp³-hybridized carbons (Fsp3) is 0.500.